The van der Waals surface area contributed by atoms with Crippen molar-refractivity contribution in [1.82, 2.24) is 5.32 Å². The molecule has 0 spiro atoms. The number of benzene rings is 1. The molecule has 2 rings (SSSR count). The molecular weight excluding hydrogens is 162 g/mol. The highest BCUT2D eigenvalue weighted by molar-refractivity contribution is 5.88. The van der Waals surface area contributed by atoms with Gasteiger partial charge in [0.2, 0.25) is 5.91 Å². The zero-order valence-corrected chi connectivity index (χ0v) is 7.23. The van der Waals surface area contributed by atoms with Crippen LogP contribution in [0.2, 0.25) is 0 Å². The van der Waals surface area contributed by atoms with Crippen LogP contribution in [0.25, 0.3) is 0 Å². The molecular formula is C11H11NO. The molecule has 0 saturated carbocycles. The first kappa shape index (κ1) is 8.05. The van der Waals surface area contributed by atoms with E-state index in [1.54, 1.807) is 6.08 Å². The van der Waals surface area contributed by atoms with E-state index in [4.69, 9.17) is 0 Å². The number of hydrogen-bond donors (Lipinski definition) is 1. The molecule has 1 aromatic rings. The summed E-state index contributed by atoms with van der Waals surface area (Å²) in [6, 6.07) is 10.2. The molecule has 0 fully saturated rings. The minimum atomic E-state index is 0.0000954. The molecule has 13 heavy (non-hydrogen) atoms. The summed E-state index contributed by atoms with van der Waals surface area (Å²) in [5, 5.41) is 2.91. The van der Waals surface area contributed by atoms with Crippen molar-refractivity contribution in [3.63, 3.8) is 0 Å². The first-order valence-corrected chi connectivity index (χ1v) is 4.38. The van der Waals surface area contributed by atoms with Crippen LogP contribution in [0.3, 0.4) is 0 Å². The molecule has 1 atom stereocenters. The second-order valence-corrected chi connectivity index (χ2v) is 3.11. The number of carbonyl (C=O) groups is 1. The van der Waals surface area contributed by atoms with Gasteiger partial charge in [-0.2, -0.15) is 0 Å². The predicted molar refractivity (Wildman–Crippen MR) is 51.1 cm³/mol. The molecule has 0 bridgehead atoms. The van der Waals surface area contributed by atoms with Gasteiger partial charge in [-0.25, -0.2) is 0 Å². The van der Waals surface area contributed by atoms with Crippen LogP contribution in [0.15, 0.2) is 42.5 Å². The lowest BCUT2D eigenvalue weighted by molar-refractivity contribution is -0.117. The van der Waals surface area contributed by atoms with Gasteiger partial charge >= 0.3 is 0 Å². The van der Waals surface area contributed by atoms with Crippen molar-refractivity contribution in [2.45, 2.75) is 12.5 Å². The average Bonchev–Trinajstić information content (AvgIpc) is 2.19. The summed E-state index contributed by atoms with van der Waals surface area (Å²) in [6.07, 6.45) is 4.38. The fourth-order valence-electron chi connectivity index (χ4n) is 1.49. The number of carbonyl (C=O) groups excluding carboxylic acids is 1. The minimum absolute atomic E-state index is 0.0000954. The van der Waals surface area contributed by atoms with Crippen molar-refractivity contribution >= 4 is 5.91 Å². The van der Waals surface area contributed by atoms with Gasteiger partial charge in [-0.15, -0.1) is 0 Å². The van der Waals surface area contributed by atoms with E-state index in [1.807, 2.05) is 36.4 Å². The van der Waals surface area contributed by atoms with Gasteiger partial charge in [-0.1, -0.05) is 36.4 Å². The van der Waals surface area contributed by atoms with Gasteiger partial charge < -0.3 is 5.32 Å². The normalized spacial score (nSPS) is 21.2. The largest absolute Gasteiger partial charge is 0.345 e. The Hall–Kier alpha value is -1.57. The molecule has 1 N–H and O–H groups in total. The highest BCUT2D eigenvalue weighted by Gasteiger charge is 2.14. The molecule has 2 heteroatoms. The average molecular weight is 173 g/mol. The second kappa shape index (κ2) is 3.44. The Bertz CT molecular complexity index is 329. The molecule has 0 unspecified atom stereocenters. The van der Waals surface area contributed by atoms with E-state index in [9.17, 15) is 4.79 Å². The van der Waals surface area contributed by atoms with Crippen LogP contribution >= 0.6 is 0 Å². The van der Waals surface area contributed by atoms with Gasteiger partial charge in [-0.3, -0.25) is 4.79 Å². The maximum Gasteiger partial charge on any atom is 0.244 e. The third-order valence-electron chi connectivity index (χ3n) is 2.16. The first-order chi connectivity index (χ1) is 6.36. The van der Waals surface area contributed by atoms with Gasteiger partial charge in [0.15, 0.2) is 0 Å². The van der Waals surface area contributed by atoms with Crippen LogP contribution in [-0.2, 0) is 4.79 Å². The third-order valence-corrected chi connectivity index (χ3v) is 2.16. The Morgan fingerprint density at radius 3 is 2.69 bits per heavy atom. The molecule has 1 heterocycles. The quantitative estimate of drug-likeness (QED) is 0.689. The molecule has 1 aliphatic rings. The van der Waals surface area contributed by atoms with Crippen LogP contribution in [-0.4, -0.2) is 5.91 Å². The van der Waals surface area contributed by atoms with Crippen LogP contribution < -0.4 is 5.32 Å². The number of hydrogen-bond acceptors (Lipinski definition) is 1. The van der Waals surface area contributed by atoms with Gasteiger partial charge in [0.05, 0.1) is 6.04 Å². The number of nitrogens with one attached hydrogen (secondary N) is 1. The van der Waals surface area contributed by atoms with Gasteiger partial charge in [-0.05, 0) is 18.1 Å². The van der Waals surface area contributed by atoms with Crippen LogP contribution in [0.4, 0.5) is 0 Å². The van der Waals surface area contributed by atoms with Crippen LogP contribution in [0, 0.1) is 0 Å². The van der Waals surface area contributed by atoms with Crippen molar-refractivity contribution in [3.8, 4) is 0 Å². The Morgan fingerprint density at radius 2 is 2.00 bits per heavy atom. The highest BCUT2D eigenvalue weighted by atomic mass is 16.1. The maximum atomic E-state index is 11.0. The predicted octanol–water partition coefficient (Wildman–Crippen LogP) is 1.80. The lowest BCUT2D eigenvalue weighted by atomic mass is 10.0. The Balaban J connectivity index is 2.19. The topological polar surface area (TPSA) is 29.1 Å². The van der Waals surface area contributed by atoms with Crippen LogP contribution in [0.5, 0.6) is 0 Å². The summed E-state index contributed by atoms with van der Waals surface area (Å²) in [5.41, 5.74) is 1.17. The second-order valence-electron chi connectivity index (χ2n) is 3.11. The Morgan fingerprint density at radius 1 is 1.23 bits per heavy atom. The van der Waals surface area contributed by atoms with Crippen molar-refractivity contribution in [2.24, 2.45) is 0 Å². The fourth-order valence-corrected chi connectivity index (χ4v) is 1.49. The van der Waals surface area contributed by atoms with E-state index < -0.39 is 0 Å². The molecule has 0 aromatic heterocycles. The summed E-state index contributed by atoms with van der Waals surface area (Å²) in [4.78, 5) is 11.0. The molecule has 2 nitrogen and oxygen atoms in total. The number of rotatable bonds is 1. The van der Waals surface area contributed by atoms with E-state index in [1.165, 1.54) is 5.56 Å². The summed E-state index contributed by atoms with van der Waals surface area (Å²) in [6.45, 7) is 0. The summed E-state index contributed by atoms with van der Waals surface area (Å²) in [7, 11) is 0. The molecule has 1 aromatic carbocycles. The highest BCUT2D eigenvalue weighted by Crippen LogP contribution is 2.18. The molecule has 0 saturated heterocycles. The summed E-state index contributed by atoms with van der Waals surface area (Å²) >= 11 is 0. The van der Waals surface area contributed by atoms with Gasteiger partial charge in [0.25, 0.3) is 0 Å². The fraction of sp³-hybridized carbons (Fsp3) is 0.182. The van der Waals surface area contributed by atoms with Crippen molar-refractivity contribution in [1.29, 1.82) is 0 Å². The smallest absolute Gasteiger partial charge is 0.244 e. The molecule has 0 aliphatic carbocycles. The SMILES string of the molecule is O=C1C=CC[C@H](c2ccccc2)N1. The minimum Gasteiger partial charge on any atom is -0.345 e. The number of amides is 1. The first-order valence-electron chi connectivity index (χ1n) is 4.38. The van der Waals surface area contributed by atoms with E-state index in [0.717, 1.165) is 6.42 Å². The van der Waals surface area contributed by atoms with Crippen molar-refractivity contribution in [3.05, 3.63) is 48.0 Å². The van der Waals surface area contributed by atoms with E-state index in [0.29, 0.717) is 0 Å². The molecule has 66 valence electrons. The third kappa shape index (κ3) is 1.78. The van der Waals surface area contributed by atoms with Gasteiger partial charge in [0.1, 0.15) is 0 Å². The summed E-state index contributed by atoms with van der Waals surface area (Å²) in [5.74, 6) is 0.0000954. The molecule has 0 radical (unpaired) electrons. The monoisotopic (exact) mass is 173 g/mol. The van der Waals surface area contributed by atoms with E-state index in [2.05, 4.69) is 5.32 Å². The lowest BCUT2D eigenvalue weighted by Crippen LogP contribution is -2.29. The van der Waals surface area contributed by atoms with E-state index in [-0.39, 0.29) is 11.9 Å². The van der Waals surface area contributed by atoms with Crippen molar-refractivity contribution < 1.29 is 4.79 Å². The Labute approximate surface area is 77.3 Å². The molecule has 1 amide bonds. The Kier molecular flexibility index (Phi) is 2.13. The maximum absolute atomic E-state index is 11.0. The zero-order chi connectivity index (χ0) is 9.10. The molecule has 1 aliphatic heterocycles. The zero-order valence-electron chi connectivity index (χ0n) is 7.23. The summed E-state index contributed by atoms with van der Waals surface area (Å²) < 4.78 is 0. The van der Waals surface area contributed by atoms with Crippen LogP contribution in [0.1, 0.15) is 18.0 Å². The van der Waals surface area contributed by atoms with Gasteiger partial charge in [0, 0.05) is 0 Å². The van der Waals surface area contributed by atoms with E-state index >= 15 is 0 Å². The standard InChI is InChI=1S/C11H11NO/c13-11-8-4-7-10(12-11)9-5-2-1-3-6-9/h1-6,8,10H,7H2,(H,12,13)/t10-/m1/s1. The lowest BCUT2D eigenvalue weighted by Gasteiger charge is -2.19. The van der Waals surface area contributed by atoms with Crippen molar-refractivity contribution in [2.75, 3.05) is 0 Å².